The molecular formula is C18H18FN3O2. The molecule has 0 unspecified atom stereocenters. The van der Waals surface area contributed by atoms with E-state index in [1.807, 2.05) is 0 Å². The lowest BCUT2D eigenvalue weighted by atomic mass is 10.0. The molecule has 2 aromatic rings. The van der Waals surface area contributed by atoms with Crippen molar-refractivity contribution in [1.29, 1.82) is 0 Å². The van der Waals surface area contributed by atoms with Gasteiger partial charge in [0, 0.05) is 43.4 Å². The predicted octanol–water partition coefficient (Wildman–Crippen LogP) is 2.24. The van der Waals surface area contributed by atoms with E-state index in [4.69, 9.17) is 0 Å². The minimum Gasteiger partial charge on any atom is -0.350 e. The molecule has 124 valence electrons. The highest BCUT2D eigenvalue weighted by Crippen LogP contribution is 2.22. The summed E-state index contributed by atoms with van der Waals surface area (Å²) in [5.74, 6) is -0.457. The standard InChI is InChI=1S/C18H18FN3O2/c19-16-12-20-8-7-15(16)13-3-5-14(6-4-13)18(24)21-9-11-22-10-1-2-17(22)23/h3-8,12H,1-2,9-11H2,(H,21,24). The van der Waals surface area contributed by atoms with Crippen molar-refractivity contribution < 1.29 is 14.0 Å². The Labute approximate surface area is 139 Å². The number of rotatable bonds is 5. The van der Waals surface area contributed by atoms with Gasteiger partial charge in [-0.3, -0.25) is 14.6 Å². The van der Waals surface area contributed by atoms with Crippen molar-refractivity contribution in [3.05, 3.63) is 54.1 Å². The summed E-state index contributed by atoms with van der Waals surface area (Å²) in [6.45, 7) is 1.72. The second-order valence-corrected chi connectivity index (χ2v) is 5.67. The van der Waals surface area contributed by atoms with Crippen LogP contribution in [0.2, 0.25) is 0 Å². The Balaban J connectivity index is 1.58. The van der Waals surface area contributed by atoms with Gasteiger partial charge in [0.05, 0.1) is 6.20 Å². The van der Waals surface area contributed by atoms with Crippen molar-refractivity contribution in [2.24, 2.45) is 0 Å². The highest BCUT2D eigenvalue weighted by Gasteiger charge is 2.19. The van der Waals surface area contributed by atoms with Gasteiger partial charge in [-0.15, -0.1) is 0 Å². The zero-order valence-corrected chi connectivity index (χ0v) is 13.2. The van der Waals surface area contributed by atoms with Crippen LogP contribution < -0.4 is 5.32 Å². The Morgan fingerprint density at radius 3 is 2.71 bits per heavy atom. The monoisotopic (exact) mass is 327 g/mol. The molecule has 1 aromatic heterocycles. The van der Waals surface area contributed by atoms with E-state index in [2.05, 4.69) is 10.3 Å². The molecule has 1 fully saturated rings. The SMILES string of the molecule is O=C(NCCN1CCCC1=O)c1ccc(-c2ccncc2F)cc1. The molecule has 2 heterocycles. The van der Waals surface area contributed by atoms with Gasteiger partial charge in [0.25, 0.3) is 5.91 Å². The third kappa shape index (κ3) is 3.59. The number of benzene rings is 1. The van der Waals surface area contributed by atoms with Crippen LogP contribution in [0.3, 0.4) is 0 Å². The van der Waals surface area contributed by atoms with Gasteiger partial charge in [0.1, 0.15) is 5.82 Å². The lowest BCUT2D eigenvalue weighted by molar-refractivity contribution is -0.127. The van der Waals surface area contributed by atoms with Crippen LogP contribution in [-0.2, 0) is 4.79 Å². The number of likely N-dealkylation sites (tertiary alicyclic amines) is 1. The Hall–Kier alpha value is -2.76. The van der Waals surface area contributed by atoms with Crippen LogP contribution >= 0.6 is 0 Å². The number of halogens is 1. The van der Waals surface area contributed by atoms with Crippen LogP contribution in [0.15, 0.2) is 42.7 Å². The molecule has 1 N–H and O–H groups in total. The number of amides is 2. The van der Waals surface area contributed by atoms with Gasteiger partial charge in [-0.25, -0.2) is 4.39 Å². The number of aromatic nitrogens is 1. The maximum Gasteiger partial charge on any atom is 0.251 e. The zero-order chi connectivity index (χ0) is 16.9. The predicted molar refractivity (Wildman–Crippen MR) is 87.8 cm³/mol. The summed E-state index contributed by atoms with van der Waals surface area (Å²) in [5, 5.41) is 2.80. The maximum absolute atomic E-state index is 13.7. The zero-order valence-electron chi connectivity index (χ0n) is 13.2. The lowest BCUT2D eigenvalue weighted by Crippen LogP contribution is -2.35. The molecule has 0 bridgehead atoms. The van der Waals surface area contributed by atoms with Gasteiger partial charge in [-0.1, -0.05) is 12.1 Å². The smallest absolute Gasteiger partial charge is 0.251 e. The largest absolute Gasteiger partial charge is 0.350 e. The molecule has 2 amide bonds. The Kier molecular flexibility index (Phi) is 4.84. The Bertz CT molecular complexity index is 746. The van der Waals surface area contributed by atoms with Gasteiger partial charge in [0.2, 0.25) is 5.91 Å². The summed E-state index contributed by atoms with van der Waals surface area (Å²) in [7, 11) is 0. The fourth-order valence-corrected chi connectivity index (χ4v) is 2.76. The number of carbonyl (C=O) groups is 2. The summed E-state index contributed by atoms with van der Waals surface area (Å²) >= 11 is 0. The van der Waals surface area contributed by atoms with Crippen molar-refractivity contribution in [3.8, 4) is 11.1 Å². The molecule has 0 atom stereocenters. The van der Waals surface area contributed by atoms with Crippen molar-refractivity contribution in [3.63, 3.8) is 0 Å². The second-order valence-electron chi connectivity index (χ2n) is 5.67. The molecule has 5 nitrogen and oxygen atoms in total. The number of nitrogens with one attached hydrogen (secondary N) is 1. The van der Waals surface area contributed by atoms with Crippen LogP contribution in [-0.4, -0.2) is 41.3 Å². The van der Waals surface area contributed by atoms with Crippen LogP contribution in [0.1, 0.15) is 23.2 Å². The number of carbonyl (C=O) groups excluding carboxylic acids is 2. The Morgan fingerprint density at radius 2 is 2.04 bits per heavy atom. The first kappa shape index (κ1) is 16.1. The van der Waals surface area contributed by atoms with Gasteiger partial charge in [-0.2, -0.15) is 0 Å². The van der Waals surface area contributed by atoms with Crippen LogP contribution in [0.5, 0.6) is 0 Å². The average molecular weight is 327 g/mol. The second kappa shape index (κ2) is 7.21. The average Bonchev–Trinajstić information content (AvgIpc) is 3.00. The maximum atomic E-state index is 13.7. The number of hydrogen-bond donors (Lipinski definition) is 1. The molecule has 0 saturated carbocycles. The summed E-state index contributed by atoms with van der Waals surface area (Å²) in [5.41, 5.74) is 1.64. The first-order valence-corrected chi connectivity index (χ1v) is 7.91. The summed E-state index contributed by atoms with van der Waals surface area (Å²) < 4.78 is 13.7. The summed E-state index contributed by atoms with van der Waals surface area (Å²) in [6, 6.07) is 8.32. The summed E-state index contributed by atoms with van der Waals surface area (Å²) in [4.78, 5) is 29.1. The van der Waals surface area contributed by atoms with E-state index in [-0.39, 0.29) is 11.8 Å². The fraction of sp³-hybridized carbons (Fsp3) is 0.278. The van der Waals surface area contributed by atoms with Crippen LogP contribution in [0, 0.1) is 5.82 Å². The first-order chi connectivity index (χ1) is 11.6. The molecule has 0 radical (unpaired) electrons. The van der Waals surface area contributed by atoms with Crippen LogP contribution in [0.25, 0.3) is 11.1 Å². The minimum atomic E-state index is -0.398. The molecule has 0 aliphatic carbocycles. The van der Waals surface area contributed by atoms with E-state index < -0.39 is 5.82 Å². The van der Waals surface area contributed by atoms with Gasteiger partial charge < -0.3 is 10.2 Å². The molecule has 24 heavy (non-hydrogen) atoms. The molecule has 6 heteroatoms. The van der Waals surface area contributed by atoms with Gasteiger partial charge >= 0.3 is 0 Å². The molecule has 1 aromatic carbocycles. The molecule has 1 aliphatic rings. The van der Waals surface area contributed by atoms with Crippen LogP contribution in [0.4, 0.5) is 4.39 Å². The summed E-state index contributed by atoms with van der Waals surface area (Å²) in [6.07, 6.45) is 4.18. The van der Waals surface area contributed by atoms with Gasteiger partial charge in [-0.05, 0) is 30.2 Å². The molecular weight excluding hydrogens is 309 g/mol. The number of nitrogens with zero attached hydrogens (tertiary/aromatic N) is 2. The van der Waals surface area contributed by atoms with E-state index in [1.165, 1.54) is 6.20 Å². The third-order valence-corrected chi connectivity index (χ3v) is 4.07. The molecule has 1 aliphatic heterocycles. The highest BCUT2D eigenvalue weighted by molar-refractivity contribution is 5.94. The number of pyridine rings is 1. The topological polar surface area (TPSA) is 62.3 Å². The number of hydrogen-bond acceptors (Lipinski definition) is 3. The molecule has 0 spiro atoms. The lowest BCUT2D eigenvalue weighted by Gasteiger charge is -2.15. The molecule has 3 rings (SSSR count). The van der Waals surface area contributed by atoms with E-state index in [9.17, 15) is 14.0 Å². The highest BCUT2D eigenvalue weighted by atomic mass is 19.1. The van der Waals surface area contributed by atoms with Crippen molar-refractivity contribution in [2.45, 2.75) is 12.8 Å². The quantitative estimate of drug-likeness (QED) is 0.916. The third-order valence-electron chi connectivity index (χ3n) is 4.07. The van der Waals surface area contributed by atoms with Crippen molar-refractivity contribution >= 4 is 11.8 Å². The van der Waals surface area contributed by atoms with Gasteiger partial charge in [0.15, 0.2) is 0 Å². The minimum absolute atomic E-state index is 0.146. The van der Waals surface area contributed by atoms with E-state index >= 15 is 0 Å². The van der Waals surface area contributed by atoms with E-state index in [0.717, 1.165) is 19.2 Å². The van der Waals surface area contributed by atoms with E-state index in [1.54, 1.807) is 35.2 Å². The normalized spacial score (nSPS) is 14.0. The fourth-order valence-electron chi connectivity index (χ4n) is 2.76. The van der Waals surface area contributed by atoms with Crippen molar-refractivity contribution in [2.75, 3.05) is 19.6 Å². The Morgan fingerprint density at radius 1 is 1.25 bits per heavy atom. The van der Waals surface area contributed by atoms with Crippen molar-refractivity contribution in [1.82, 2.24) is 15.2 Å². The first-order valence-electron chi connectivity index (χ1n) is 7.91. The molecule has 1 saturated heterocycles. The van der Waals surface area contributed by atoms with E-state index in [0.29, 0.717) is 36.2 Å².